The lowest BCUT2D eigenvalue weighted by molar-refractivity contribution is -0.137. The first kappa shape index (κ1) is 14.9. The van der Waals surface area contributed by atoms with Crippen molar-refractivity contribution in [1.29, 1.82) is 0 Å². The van der Waals surface area contributed by atoms with Crippen molar-refractivity contribution >= 4 is 23.5 Å². The van der Waals surface area contributed by atoms with Gasteiger partial charge in [0.25, 0.3) is 0 Å². The Morgan fingerprint density at radius 1 is 1.35 bits per heavy atom. The van der Waals surface area contributed by atoms with E-state index in [1.54, 1.807) is 0 Å². The Kier molecular flexibility index (Phi) is 5.01. The fourth-order valence-electron chi connectivity index (χ4n) is 2.66. The highest BCUT2D eigenvalue weighted by atomic mass is 35.5. The van der Waals surface area contributed by atoms with Crippen LogP contribution in [0.15, 0.2) is 24.3 Å². The summed E-state index contributed by atoms with van der Waals surface area (Å²) in [6.45, 7) is 0.739. The Hall–Kier alpha value is -1.55. The summed E-state index contributed by atoms with van der Waals surface area (Å²) in [5, 5.41) is 9.29. The van der Waals surface area contributed by atoms with E-state index < -0.39 is 5.97 Å². The van der Waals surface area contributed by atoms with Crippen molar-refractivity contribution in [2.75, 3.05) is 6.54 Å². The van der Waals surface area contributed by atoms with Crippen molar-refractivity contribution < 1.29 is 14.7 Å². The molecule has 108 valence electrons. The number of nitrogens with zero attached hydrogens (tertiary/aromatic N) is 1. The largest absolute Gasteiger partial charge is 0.481 e. The molecule has 1 N–H and O–H groups in total. The number of benzene rings is 1. The third-order valence-corrected chi connectivity index (χ3v) is 3.82. The van der Waals surface area contributed by atoms with Crippen LogP contribution in [-0.4, -0.2) is 28.4 Å². The third-order valence-electron chi connectivity index (χ3n) is 3.59. The molecule has 5 heteroatoms. The SMILES string of the molecule is O=C(O)CCCC(=O)N1CCC[C@@H]1c1cccc(Cl)c1. The van der Waals surface area contributed by atoms with E-state index in [1.807, 2.05) is 29.2 Å². The minimum atomic E-state index is -0.856. The number of halogens is 1. The van der Waals surface area contributed by atoms with Gasteiger partial charge in [-0.05, 0) is 37.0 Å². The van der Waals surface area contributed by atoms with E-state index in [0.29, 0.717) is 17.9 Å². The summed E-state index contributed by atoms with van der Waals surface area (Å²) in [6.07, 6.45) is 2.64. The van der Waals surface area contributed by atoms with Gasteiger partial charge in [0.2, 0.25) is 5.91 Å². The quantitative estimate of drug-likeness (QED) is 0.907. The Bertz CT molecular complexity index is 504. The molecule has 1 amide bonds. The molecule has 0 radical (unpaired) electrons. The van der Waals surface area contributed by atoms with Gasteiger partial charge in [0.05, 0.1) is 6.04 Å². The van der Waals surface area contributed by atoms with Gasteiger partial charge in [-0.1, -0.05) is 23.7 Å². The van der Waals surface area contributed by atoms with Gasteiger partial charge in [-0.25, -0.2) is 0 Å². The highest BCUT2D eigenvalue weighted by molar-refractivity contribution is 6.30. The van der Waals surface area contributed by atoms with Crippen LogP contribution in [0.2, 0.25) is 5.02 Å². The number of likely N-dealkylation sites (tertiary alicyclic amines) is 1. The average Bonchev–Trinajstić information content (AvgIpc) is 2.87. The summed E-state index contributed by atoms with van der Waals surface area (Å²) in [7, 11) is 0. The molecular weight excluding hydrogens is 278 g/mol. The van der Waals surface area contributed by atoms with Crippen LogP contribution in [0.1, 0.15) is 43.7 Å². The Balaban J connectivity index is 2.00. The molecule has 0 unspecified atom stereocenters. The second-order valence-electron chi connectivity index (χ2n) is 5.05. The predicted molar refractivity (Wildman–Crippen MR) is 76.6 cm³/mol. The number of hydrogen-bond acceptors (Lipinski definition) is 2. The molecular formula is C15H18ClNO3. The summed E-state index contributed by atoms with van der Waals surface area (Å²) in [6, 6.07) is 7.67. The Morgan fingerprint density at radius 3 is 2.85 bits per heavy atom. The minimum absolute atomic E-state index is 0.0359. The molecule has 1 aromatic rings. The van der Waals surface area contributed by atoms with Crippen LogP contribution < -0.4 is 0 Å². The molecule has 0 saturated carbocycles. The van der Waals surface area contributed by atoms with Crippen molar-refractivity contribution in [3.63, 3.8) is 0 Å². The van der Waals surface area contributed by atoms with Gasteiger partial charge in [0.1, 0.15) is 0 Å². The highest BCUT2D eigenvalue weighted by Gasteiger charge is 2.29. The number of carbonyl (C=O) groups excluding carboxylic acids is 1. The van der Waals surface area contributed by atoms with E-state index >= 15 is 0 Å². The Morgan fingerprint density at radius 2 is 2.15 bits per heavy atom. The van der Waals surface area contributed by atoms with Crippen LogP contribution in [0.25, 0.3) is 0 Å². The zero-order valence-corrected chi connectivity index (χ0v) is 12.0. The van der Waals surface area contributed by atoms with E-state index in [9.17, 15) is 9.59 Å². The first-order chi connectivity index (χ1) is 9.58. The van der Waals surface area contributed by atoms with Crippen LogP contribution in [0.3, 0.4) is 0 Å². The number of hydrogen-bond donors (Lipinski definition) is 1. The van der Waals surface area contributed by atoms with Gasteiger partial charge in [0.15, 0.2) is 0 Å². The summed E-state index contributed by atoms with van der Waals surface area (Å²) < 4.78 is 0. The van der Waals surface area contributed by atoms with Gasteiger partial charge >= 0.3 is 5.97 Å². The summed E-state index contributed by atoms with van der Waals surface area (Å²) in [5.41, 5.74) is 1.06. The number of amides is 1. The highest BCUT2D eigenvalue weighted by Crippen LogP contribution is 2.33. The number of aliphatic carboxylic acids is 1. The van der Waals surface area contributed by atoms with E-state index in [4.69, 9.17) is 16.7 Å². The fourth-order valence-corrected chi connectivity index (χ4v) is 2.86. The minimum Gasteiger partial charge on any atom is -0.481 e. The predicted octanol–water partition coefficient (Wildman–Crippen LogP) is 3.26. The molecule has 1 atom stereocenters. The standard InChI is InChI=1S/C15H18ClNO3/c16-12-5-1-4-11(10-12)13-6-3-9-17(13)14(18)7-2-8-15(19)20/h1,4-5,10,13H,2-3,6-9H2,(H,19,20)/t13-/m1/s1. The maximum absolute atomic E-state index is 12.2. The molecule has 4 nitrogen and oxygen atoms in total. The molecule has 1 heterocycles. The van der Waals surface area contributed by atoms with Gasteiger partial charge in [-0.3, -0.25) is 9.59 Å². The van der Waals surface area contributed by atoms with Crippen LogP contribution in [0.5, 0.6) is 0 Å². The maximum Gasteiger partial charge on any atom is 0.303 e. The van der Waals surface area contributed by atoms with Gasteiger partial charge in [0, 0.05) is 24.4 Å². The monoisotopic (exact) mass is 295 g/mol. The zero-order chi connectivity index (χ0) is 14.5. The Labute approximate surface area is 123 Å². The number of rotatable bonds is 5. The molecule has 1 aliphatic heterocycles. The van der Waals surface area contributed by atoms with Gasteiger partial charge in [-0.15, -0.1) is 0 Å². The van der Waals surface area contributed by atoms with E-state index in [0.717, 1.165) is 24.9 Å². The average molecular weight is 296 g/mol. The molecule has 0 aromatic heterocycles. The van der Waals surface area contributed by atoms with Crippen molar-refractivity contribution in [3.8, 4) is 0 Å². The van der Waals surface area contributed by atoms with Crippen LogP contribution in [0.4, 0.5) is 0 Å². The molecule has 0 aliphatic carbocycles. The molecule has 1 aliphatic rings. The summed E-state index contributed by atoms with van der Waals surface area (Å²) >= 11 is 6.00. The van der Waals surface area contributed by atoms with Crippen molar-refractivity contribution in [3.05, 3.63) is 34.9 Å². The lowest BCUT2D eigenvalue weighted by Crippen LogP contribution is -2.30. The number of carbonyl (C=O) groups is 2. The first-order valence-corrected chi connectivity index (χ1v) is 7.22. The second-order valence-corrected chi connectivity index (χ2v) is 5.48. The normalized spacial score (nSPS) is 18.2. The van der Waals surface area contributed by atoms with Crippen LogP contribution >= 0.6 is 11.6 Å². The van der Waals surface area contributed by atoms with E-state index in [-0.39, 0.29) is 18.4 Å². The van der Waals surface area contributed by atoms with Crippen molar-refractivity contribution in [2.45, 2.75) is 38.1 Å². The fraction of sp³-hybridized carbons (Fsp3) is 0.467. The lowest BCUT2D eigenvalue weighted by Gasteiger charge is -2.25. The number of carboxylic acid groups (broad SMARTS) is 1. The topological polar surface area (TPSA) is 57.6 Å². The molecule has 2 rings (SSSR count). The maximum atomic E-state index is 12.2. The smallest absolute Gasteiger partial charge is 0.303 e. The molecule has 0 bridgehead atoms. The van der Waals surface area contributed by atoms with Crippen LogP contribution in [-0.2, 0) is 9.59 Å². The first-order valence-electron chi connectivity index (χ1n) is 6.84. The van der Waals surface area contributed by atoms with Crippen LogP contribution in [0, 0.1) is 0 Å². The molecule has 1 saturated heterocycles. The summed E-state index contributed by atoms with van der Waals surface area (Å²) in [4.78, 5) is 24.5. The third kappa shape index (κ3) is 3.73. The summed E-state index contributed by atoms with van der Waals surface area (Å²) in [5.74, 6) is -0.820. The molecule has 1 aromatic carbocycles. The molecule has 20 heavy (non-hydrogen) atoms. The number of carboxylic acids is 1. The van der Waals surface area contributed by atoms with Crippen molar-refractivity contribution in [1.82, 2.24) is 4.90 Å². The lowest BCUT2D eigenvalue weighted by atomic mass is 10.0. The van der Waals surface area contributed by atoms with Gasteiger partial charge in [-0.2, -0.15) is 0 Å². The zero-order valence-electron chi connectivity index (χ0n) is 11.2. The molecule has 0 spiro atoms. The van der Waals surface area contributed by atoms with Crippen molar-refractivity contribution in [2.24, 2.45) is 0 Å². The van der Waals surface area contributed by atoms with Gasteiger partial charge < -0.3 is 10.0 Å². The van der Waals surface area contributed by atoms with E-state index in [1.165, 1.54) is 0 Å². The molecule has 1 fully saturated rings. The van der Waals surface area contributed by atoms with E-state index in [2.05, 4.69) is 0 Å². The second kappa shape index (κ2) is 6.75.